The van der Waals surface area contributed by atoms with E-state index < -0.39 is 76.5 Å². The molecule has 3 fully saturated rings. The molecule has 434 valence electrons. The van der Waals surface area contributed by atoms with E-state index in [2.05, 4.69) is 21.8 Å². The molecule has 0 saturated carbocycles. The number of nitrogens with zero attached hydrogens (tertiary/aromatic N) is 8. The first-order valence-electron chi connectivity index (χ1n) is 27.8. The van der Waals surface area contributed by atoms with Crippen LogP contribution in [0.15, 0.2) is 47.3 Å². The Kier molecular flexibility index (Phi) is 13.3. The van der Waals surface area contributed by atoms with Gasteiger partial charge in [-0.15, -0.1) is 11.3 Å². The number of alkyl halides is 1. The van der Waals surface area contributed by atoms with E-state index in [4.69, 9.17) is 41.5 Å². The van der Waals surface area contributed by atoms with Crippen LogP contribution in [0.3, 0.4) is 0 Å². The molecule has 1 aliphatic carbocycles. The molecule has 0 radical (unpaired) electrons. The normalized spacial score (nSPS) is 22.8. The zero-order valence-electron chi connectivity index (χ0n) is 46.1. The Morgan fingerprint density at radius 3 is 2.64 bits per heavy atom. The number of nitriles is 1. The highest BCUT2D eigenvalue weighted by atomic mass is 35.5. The number of aliphatic hydroxyl groups is 1. The van der Waals surface area contributed by atoms with E-state index in [9.17, 15) is 33.9 Å². The first-order chi connectivity index (χ1) is 40.1. The summed E-state index contributed by atoms with van der Waals surface area (Å²) in [6.45, 7) is 11.8. The topological polar surface area (TPSA) is 231 Å². The lowest BCUT2D eigenvalue weighted by atomic mass is 9.81. The number of benzene rings is 3. The van der Waals surface area contributed by atoms with Crippen LogP contribution in [-0.4, -0.2) is 116 Å². The highest BCUT2D eigenvalue weighted by molar-refractivity contribution is 7.23. The monoisotopic (exact) mass is 1190 g/mol. The number of pyridine rings is 2. The average molecular weight is 1190 g/mol. The molecule has 0 bridgehead atoms. The van der Waals surface area contributed by atoms with Gasteiger partial charge in [0.05, 0.1) is 61.5 Å². The van der Waals surface area contributed by atoms with Crippen LogP contribution in [-0.2, 0) is 44.2 Å². The van der Waals surface area contributed by atoms with E-state index in [1.165, 1.54) is 29.7 Å². The second-order valence-electron chi connectivity index (χ2n) is 22.8. The number of fused-ring (bicyclic) bond motifs is 8. The number of nitrogen functional groups attached to an aromatic ring is 1. The van der Waals surface area contributed by atoms with Crippen LogP contribution in [0.4, 0.5) is 33.2 Å². The molecule has 84 heavy (non-hydrogen) atoms. The number of anilines is 2. The number of esters is 1. The number of nitrogens with two attached hydrogens (primary N) is 1. The van der Waals surface area contributed by atoms with Crippen LogP contribution in [0.1, 0.15) is 97.9 Å². The minimum atomic E-state index is -2.07. The molecule has 18 nitrogen and oxygen atoms in total. The number of carbonyl (C=O) groups excluding carboxylic acids is 3. The van der Waals surface area contributed by atoms with Crippen molar-refractivity contribution in [2.45, 2.75) is 115 Å². The fourth-order valence-electron chi connectivity index (χ4n) is 13.8. The lowest BCUT2D eigenvalue weighted by molar-refractivity contribution is -0.172. The number of carbonyl (C=O) groups is 3. The van der Waals surface area contributed by atoms with Crippen LogP contribution >= 0.6 is 22.9 Å². The predicted molar refractivity (Wildman–Crippen MR) is 305 cm³/mol. The number of hydrogen-bond donors (Lipinski definition) is 3. The standard InChI is InChI=1S/C60H55ClF4N10O8S/c1-6-60(80)37-17-43-49-35(23-75(43)55(77)36(37)24-81-56(60)78)47-41(11-9-31-28(4)40(64)18-42(68-49)46(31)47)69-58(79)83-29(5)27(3)54(76)72-14-15-74(26(2)21-72)53-33-16-38(61)45(32-8-10-39(63)51-44(32)34(20-66)52(67)84-51)48(65)50(33)70-57(71-53)82-25-59-12-7-13-73(59)22-30(62)19-59/h8,10,16-18,26,29-30,41,80H,3,6-7,9,11-15,19,21-25,67H2,1-2,4-5H3,(H,69,79)/t26-,29-,30+,41-,59?,60-/m0/s1. The maximum absolute atomic E-state index is 17.6. The van der Waals surface area contributed by atoms with Crippen LogP contribution in [0.2, 0.25) is 5.02 Å². The summed E-state index contributed by atoms with van der Waals surface area (Å²) in [5, 5.41) is 25.4. The van der Waals surface area contributed by atoms with Crippen LogP contribution in [0, 0.1) is 35.7 Å². The van der Waals surface area contributed by atoms with Crippen molar-refractivity contribution < 1.29 is 51.3 Å². The molecule has 9 heterocycles. The van der Waals surface area contributed by atoms with Crippen molar-refractivity contribution in [2.24, 2.45) is 0 Å². The van der Waals surface area contributed by atoms with Gasteiger partial charge < -0.3 is 44.7 Å². The molecule has 6 atom stereocenters. The number of alkyl carbamates (subject to hydrolysis) is 1. The summed E-state index contributed by atoms with van der Waals surface area (Å²) in [5.74, 6) is -3.15. The molecular formula is C60H55ClF4N10O8S. The number of rotatable bonds is 10. The third-order valence-electron chi connectivity index (χ3n) is 18.2. The minimum Gasteiger partial charge on any atom is -0.461 e. The molecule has 3 aromatic carbocycles. The van der Waals surface area contributed by atoms with Gasteiger partial charge in [-0.1, -0.05) is 31.2 Å². The molecule has 2 amide bonds. The first-order valence-corrected chi connectivity index (χ1v) is 29.0. The van der Waals surface area contributed by atoms with E-state index in [0.29, 0.717) is 70.4 Å². The summed E-state index contributed by atoms with van der Waals surface area (Å²) in [5.41, 5.74) is 6.26. The third kappa shape index (κ3) is 8.40. The van der Waals surface area contributed by atoms with Crippen LogP contribution < -0.4 is 26.2 Å². The number of aryl methyl sites for hydroxylation is 1. The van der Waals surface area contributed by atoms with Crippen molar-refractivity contribution in [1.82, 2.24) is 34.6 Å². The molecular weight excluding hydrogens is 1130 g/mol. The number of thiophene rings is 1. The number of halogens is 5. The molecule has 13 rings (SSSR count). The van der Waals surface area contributed by atoms with Gasteiger partial charge in [0.2, 0.25) is 0 Å². The third-order valence-corrected chi connectivity index (χ3v) is 19.5. The summed E-state index contributed by atoms with van der Waals surface area (Å²) >= 11 is 7.87. The molecule has 24 heteroatoms. The molecule has 6 aliphatic rings. The molecule has 5 aliphatic heterocycles. The van der Waals surface area contributed by atoms with Gasteiger partial charge in [-0.05, 0) is 99.9 Å². The second-order valence-corrected chi connectivity index (χ2v) is 24.3. The molecule has 1 unspecified atom stereocenters. The van der Waals surface area contributed by atoms with Crippen molar-refractivity contribution in [1.29, 1.82) is 5.26 Å². The minimum absolute atomic E-state index is 0.0248. The Bertz CT molecular complexity index is 4210. The van der Waals surface area contributed by atoms with Gasteiger partial charge in [0, 0.05) is 77.6 Å². The van der Waals surface area contributed by atoms with Crippen LogP contribution in [0.5, 0.6) is 6.01 Å². The largest absolute Gasteiger partial charge is 0.461 e. The summed E-state index contributed by atoms with van der Waals surface area (Å²) in [6.07, 6.45) is -0.642. The molecule has 3 saturated heterocycles. The summed E-state index contributed by atoms with van der Waals surface area (Å²) in [6, 6.07) is 7.48. The van der Waals surface area contributed by atoms with Gasteiger partial charge in [-0.25, -0.2) is 32.1 Å². The van der Waals surface area contributed by atoms with Crippen molar-refractivity contribution in [2.75, 3.05) is 50.0 Å². The Labute approximate surface area is 486 Å². The zero-order chi connectivity index (χ0) is 59.2. The Hall–Kier alpha value is -7.91. The highest BCUT2D eigenvalue weighted by Crippen LogP contribution is 2.49. The molecule has 4 aromatic heterocycles. The van der Waals surface area contributed by atoms with Gasteiger partial charge in [-0.2, -0.15) is 15.2 Å². The van der Waals surface area contributed by atoms with E-state index in [1.54, 1.807) is 24.8 Å². The summed E-state index contributed by atoms with van der Waals surface area (Å²) in [7, 11) is 0. The SMILES string of the molecule is C=C(C(=O)N1CCN(c2nc(OCC34CCCN3C[C@H](F)C4)nc3c(F)c(-c4ccc(F)c5sc(N)c(C#N)c45)c(Cl)cc23)[C@@H](C)C1)[C@H](C)OC(=O)N[C@H]1CCc2c(C)c(F)cc3nc4c(c1c23)Cn1c-4cc2c(c1=O)COC(=O)[C@]2(O)CC. The Balaban J connectivity index is 0.759. The predicted octanol–water partition coefficient (Wildman–Crippen LogP) is 9.09. The quantitative estimate of drug-likeness (QED) is 0.0659. The van der Waals surface area contributed by atoms with Crippen LogP contribution in [0.25, 0.3) is 54.4 Å². The number of piperazine rings is 1. The van der Waals surface area contributed by atoms with E-state index in [-0.39, 0.29) is 135 Å². The average Bonchev–Trinajstić information content (AvgIpc) is 1.70. The Morgan fingerprint density at radius 2 is 1.88 bits per heavy atom. The maximum atomic E-state index is 17.6. The second kappa shape index (κ2) is 20.1. The van der Waals surface area contributed by atoms with Crippen molar-refractivity contribution in [3.63, 3.8) is 0 Å². The lowest BCUT2D eigenvalue weighted by Gasteiger charge is -2.41. The maximum Gasteiger partial charge on any atom is 0.408 e. The van der Waals surface area contributed by atoms with Crippen molar-refractivity contribution in [3.8, 4) is 34.6 Å². The summed E-state index contributed by atoms with van der Waals surface area (Å²) in [4.78, 5) is 75.3. The number of hydrogen-bond acceptors (Lipinski definition) is 16. The number of cyclic esters (lactones) is 1. The number of ether oxygens (including phenoxy) is 3. The van der Waals surface area contributed by atoms with Crippen molar-refractivity contribution in [3.05, 3.63) is 114 Å². The van der Waals surface area contributed by atoms with Gasteiger partial charge >= 0.3 is 18.1 Å². The molecule has 7 aromatic rings. The molecule has 0 spiro atoms. The highest BCUT2D eigenvalue weighted by Gasteiger charge is 2.50. The van der Waals surface area contributed by atoms with Gasteiger partial charge in [0.25, 0.3) is 11.5 Å². The number of amides is 2. The van der Waals surface area contributed by atoms with E-state index in [1.807, 2.05) is 17.9 Å². The van der Waals surface area contributed by atoms with Gasteiger partial charge in [0.15, 0.2) is 11.4 Å². The fraction of sp³-hybridized carbons (Fsp3) is 0.400. The lowest BCUT2D eigenvalue weighted by Crippen LogP contribution is -2.55. The zero-order valence-corrected chi connectivity index (χ0v) is 47.6. The summed E-state index contributed by atoms with van der Waals surface area (Å²) < 4.78 is 82.3. The van der Waals surface area contributed by atoms with E-state index in [0.717, 1.165) is 23.8 Å². The van der Waals surface area contributed by atoms with E-state index >= 15 is 13.2 Å². The first kappa shape index (κ1) is 55.3. The van der Waals surface area contributed by atoms with Crippen molar-refractivity contribution >= 4 is 83.6 Å². The Morgan fingerprint density at radius 1 is 1.08 bits per heavy atom. The number of nitrogens with one attached hydrogen (secondary N) is 1. The molecule has 4 N–H and O–H groups in total. The number of aromatic nitrogens is 4. The van der Waals surface area contributed by atoms with Gasteiger partial charge in [-0.3, -0.25) is 14.5 Å². The van der Waals surface area contributed by atoms with Gasteiger partial charge in [0.1, 0.15) is 59.5 Å². The smallest absolute Gasteiger partial charge is 0.408 e. The fourth-order valence-corrected chi connectivity index (χ4v) is 15.0.